The summed E-state index contributed by atoms with van der Waals surface area (Å²) in [7, 11) is 1.83. The second kappa shape index (κ2) is 5.41. The van der Waals surface area contributed by atoms with Crippen LogP contribution >= 0.6 is 11.6 Å². The van der Waals surface area contributed by atoms with Gasteiger partial charge in [-0.1, -0.05) is 11.6 Å². The van der Waals surface area contributed by atoms with Gasteiger partial charge in [0.2, 0.25) is 0 Å². The number of nitrogens with two attached hydrogens (primary N) is 1. The van der Waals surface area contributed by atoms with Crippen molar-refractivity contribution < 1.29 is 0 Å². The number of anilines is 2. The predicted molar refractivity (Wildman–Crippen MR) is 84.7 cm³/mol. The highest BCUT2D eigenvalue weighted by molar-refractivity contribution is 6.31. The summed E-state index contributed by atoms with van der Waals surface area (Å²) in [4.78, 5) is 18.5. The molecule has 3 rings (SSSR count). The molecule has 0 atom stereocenters. The molecule has 6 heteroatoms. The highest BCUT2D eigenvalue weighted by atomic mass is 35.5. The Balaban J connectivity index is 1.88. The lowest BCUT2D eigenvalue weighted by Gasteiger charge is -2.19. The molecular weight excluding hydrogens is 288 g/mol. The van der Waals surface area contributed by atoms with Crippen LogP contribution in [0.15, 0.2) is 35.4 Å². The molecule has 5 nitrogen and oxygen atoms in total. The van der Waals surface area contributed by atoms with Crippen molar-refractivity contribution in [3.8, 4) is 0 Å². The minimum absolute atomic E-state index is 0.0532. The molecule has 0 saturated heterocycles. The van der Waals surface area contributed by atoms with Gasteiger partial charge in [-0.05, 0) is 36.6 Å². The number of hydrogen-bond acceptors (Lipinski definition) is 4. The number of rotatable bonds is 4. The van der Waals surface area contributed by atoms with Gasteiger partial charge < -0.3 is 15.2 Å². The molecule has 0 aliphatic heterocycles. The van der Waals surface area contributed by atoms with Crippen molar-refractivity contribution in [1.82, 2.24) is 9.55 Å². The van der Waals surface area contributed by atoms with Crippen molar-refractivity contribution in [2.24, 2.45) is 0 Å². The molecule has 110 valence electrons. The number of hydrogen-bond donors (Lipinski definition) is 1. The van der Waals surface area contributed by atoms with Gasteiger partial charge in [0.05, 0.1) is 0 Å². The summed E-state index contributed by atoms with van der Waals surface area (Å²) in [5, 5.41) is 0.634. The summed E-state index contributed by atoms with van der Waals surface area (Å²) in [6.07, 6.45) is 5.56. The molecule has 0 bridgehead atoms. The first-order valence-electron chi connectivity index (χ1n) is 6.88. The van der Waals surface area contributed by atoms with Crippen LogP contribution in [0.1, 0.15) is 24.4 Å². The van der Waals surface area contributed by atoms with Crippen LogP contribution in [0, 0.1) is 0 Å². The third-order valence-electron chi connectivity index (χ3n) is 3.63. The lowest BCUT2D eigenvalue weighted by Crippen LogP contribution is -2.30. The average molecular weight is 305 g/mol. The van der Waals surface area contributed by atoms with Crippen LogP contribution < -0.4 is 16.2 Å². The molecule has 1 aliphatic rings. The summed E-state index contributed by atoms with van der Waals surface area (Å²) in [6, 6.07) is 5.68. The average Bonchev–Trinajstić information content (AvgIpc) is 3.27. The van der Waals surface area contributed by atoms with Gasteiger partial charge in [-0.25, -0.2) is 4.98 Å². The number of nitrogens with zero attached hydrogens (tertiary/aromatic N) is 3. The monoisotopic (exact) mass is 304 g/mol. The molecule has 2 aromatic rings. The van der Waals surface area contributed by atoms with E-state index in [4.69, 9.17) is 17.3 Å². The van der Waals surface area contributed by atoms with Gasteiger partial charge in [0, 0.05) is 42.7 Å². The third-order valence-corrected chi connectivity index (χ3v) is 4.00. The lowest BCUT2D eigenvalue weighted by atomic mass is 10.2. The summed E-state index contributed by atoms with van der Waals surface area (Å²) in [5.41, 5.74) is 7.26. The Labute approximate surface area is 128 Å². The fourth-order valence-corrected chi connectivity index (χ4v) is 2.54. The molecule has 1 aromatic heterocycles. The van der Waals surface area contributed by atoms with E-state index in [1.165, 1.54) is 0 Å². The van der Waals surface area contributed by atoms with Gasteiger partial charge >= 0.3 is 0 Å². The Morgan fingerprint density at radius 3 is 2.95 bits per heavy atom. The Bertz CT molecular complexity index is 724. The topological polar surface area (TPSA) is 64.2 Å². The number of halogens is 1. The number of aromatic nitrogens is 2. The quantitative estimate of drug-likeness (QED) is 0.881. The van der Waals surface area contributed by atoms with E-state index in [1.807, 2.05) is 18.0 Å². The second-order valence-corrected chi connectivity index (χ2v) is 5.81. The van der Waals surface area contributed by atoms with Gasteiger partial charge in [0.15, 0.2) is 5.82 Å². The van der Waals surface area contributed by atoms with Crippen molar-refractivity contribution in [1.29, 1.82) is 0 Å². The molecule has 0 spiro atoms. The van der Waals surface area contributed by atoms with Crippen molar-refractivity contribution in [2.75, 3.05) is 17.7 Å². The van der Waals surface area contributed by atoms with E-state index in [0.717, 1.165) is 18.4 Å². The van der Waals surface area contributed by atoms with Crippen LogP contribution in [0.4, 0.5) is 11.5 Å². The van der Waals surface area contributed by atoms with Gasteiger partial charge in [-0.3, -0.25) is 4.79 Å². The van der Waals surface area contributed by atoms with Crippen LogP contribution in [0.5, 0.6) is 0 Å². The summed E-state index contributed by atoms with van der Waals surface area (Å²) in [6.45, 7) is 0.487. The zero-order valence-electron chi connectivity index (χ0n) is 11.8. The largest absolute Gasteiger partial charge is 0.399 e. The van der Waals surface area contributed by atoms with Gasteiger partial charge in [-0.15, -0.1) is 0 Å². The SMILES string of the molecule is CN(Cc1cc(N)ccc1Cl)c1nccn(C2CC2)c1=O. The van der Waals surface area contributed by atoms with E-state index in [2.05, 4.69) is 4.98 Å². The highest BCUT2D eigenvalue weighted by Gasteiger charge is 2.25. The molecule has 0 amide bonds. The maximum atomic E-state index is 12.4. The van der Waals surface area contributed by atoms with E-state index in [9.17, 15) is 4.79 Å². The first kappa shape index (κ1) is 13.9. The van der Waals surface area contributed by atoms with Crippen LogP contribution in [0.2, 0.25) is 5.02 Å². The van der Waals surface area contributed by atoms with Crippen LogP contribution in [0.3, 0.4) is 0 Å². The summed E-state index contributed by atoms with van der Waals surface area (Å²) >= 11 is 6.17. The Hall–Kier alpha value is -2.01. The molecule has 1 fully saturated rings. The fraction of sp³-hybridized carbons (Fsp3) is 0.333. The van der Waals surface area contributed by atoms with E-state index in [-0.39, 0.29) is 5.56 Å². The summed E-state index contributed by atoms with van der Waals surface area (Å²) in [5.74, 6) is 0.433. The third kappa shape index (κ3) is 2.88. The zero-order valence-corrected chi connectivity index (χ0v) is 12.5. The standard InChI is InChI=1S/C15H17ClN4O/c1-19(9-10-8-11(17)2-5-13(10)16)14-15(21)20(7-6-18-14)12-3-4-12/h2,5-8,12H,3-4,9,17H2,1H3. The number of nitrogen functional groups attached to an aromatic ring is 1. The van der Waals surface area contributed by atoms with Crippen LogP contribution in [-0.4, -0.2) is 16.6 Å². The van der Waals surface area contributed by atoms with Crippen molar-refractivity contribution in [2.45, 2.75) is 25.4 Å². The molecule has 1 saturated carbocycles. The van der Waals surface area contributed by atoms with Gasteiger partial charge in [-0.2, -0.15) is 0 Å². The Morgan fingerprint density at radius 1 is 1.48 bits per heavy atom. The molecule has 0 unspecified atom stereocenters. The Kier molecular flexibility index (Phi) is 3.59. The van der Waals surface area contributed by atoms with E-state index in [1.54, 1.807) is 29.1 Å². The molecule has 1 aliphatic carbocycles. The van der Waals surface area contributed by atoms with Crippen LogP contribution in [0.25, 0.3) is 0 Å². The molecule has 21 heavy (non-hydrogen) atoms. The maximum absolute atomic E-state index is 12.4. The van der Waals surface area contributed by atoms with Gasteiger partial charge in [0.25, 0.3) is 5.56 Å². The van der Waals surface area contributed by atoms with E-state index in [0.29, 0.717) is 29.1 Å². The zero-order chi connectivity index (χ0) is 15.0. The van der Waals surface area contributed by atoms with E-state index >= 15 is 0 Å². The lowest BCUT2D eigenvalue weighted by molar-refractivity contribution is 0.690. The first-order chi connectivity index (χ1) is 10.1. The number of benzene rings is 1. The predicted octanol–water partition coefficient (Wildman–Crippen LogP) is 2.45. The van der Waals surface area contributed by atoms with Crippen LogP contribution in [-0.2, 0) is 6.54 Å². The smallest absolute Gasteiger partial charge is 0.293 e. The molecule has 0 radical (unpaired) electrons. The minimum atomic E-state index is -0.0532. The normalized spacial score (nSPS) is 14.2. The van der Waals surface area contributed by atoms with Gasteiger partial charge in [0.1, 0.15) is 0 Å². The summed E-state index contributed by atoms with van der Waals surface area (Å²) < 4.78 is 1.76. The highest BCUT2D eigenvalue weighted by Crippen LogP contribution is 2.33. The molecule has 1 aromatic carbocycles. The first-order valence-corrected chi connectivity index (χ1v) is 7.26. The second-order valence-electron chi connectivity index (χ2n) is 5.40. The molecule has 1 heterocycles. The fourth-order valence-electron chi connectivity index (χ4n) is 2.36. The maximum Gasteiger partial charge on any atom is 0.293 e. The van der Waals surface area contributed by atoms with Crippen molar-refractivity contribution in [3.05, 3.63) is 51.5 Å². The van der Waals surface area contributed by atoms with Crippen molar-refractivity contribution in [3.63, 3.8) is 0 Å². The van der Waals surface area contributed by atoms with Crippen molar-refractivity contribution >= 4 is 23.1 Å². The molecule has 2 N–H and O–H groups in total. The Morgan fingerprint density at radius 2 is 2.24 bits per heavy atom. The minimum Gasteiger partial charge on any atom is -0.399 e. The molecular formula is C15H17ClN4O. The van der Waals surface area contributed by atoms with E-state index < -0.39 is 0 Å².